The summed E-state index contributed by atoms with van der Waals surface area (Å²) in [5, 5.41) is 0. The fourth-order valence-corrected chi connectivity index (χ4v) is 0.989. The van der Waals surface area contributed by atoms with E-state index in [9.17, 15) is 0 Å². The van der Waals surface area contributed by atoms with Gasteiger partial charge in [0.1, 0.15) is 0 Å². The first-order chi connectivity index (χ1) is 5.99. The second-order valence-electron chi connectivity index (χ2n) is 4.29. The molecule has 0 spiro atoms. The SMILES string of the molecule is CCCCOC(CC)OC(C)(C)C. The summed E-state index contributed by atoms with van der Waals surface area (Å²) in [7, 11) is 0. The maximum absolute atomic E-state index is 5.71. The molecule has 0 aromatic rings. The van der Waals surface area contributed by atoms with Gasteiger partial charge >= 0.3 is 0 Å². The van der Waals surface area contributed by atoms with Gasteiger partial charge in [0.05, 0.1) is 5.60 Å². The van der Waals surface area contributed by atoms with Gasteiger partial charge in [-0.2, -0.15) is 0 Å². The minimum Gasteiger partial charge on any atom is -0.353 e. The molecule has 1 unspecified atom stereocenters. The average molecular weight is 188 g/mol. The Morgan fingerprint density at radius 1 is 1.15 bits per heavy atom. The normalized spacial score (nSPS) is 14.5. The highest BCUT2D eigenvalue weighted by Gasteiger charge is 2.17. The van der Waals surface area contributed by atoms with E-state index in [1.807, 2.05) is 0 Å². The molecular formula is C11H24O2. The van der Waals surface area contributed by atoms with E-state index < -0.39 is 0 Å². The third-order valence-corrected chi connectivity index (χ3v) is 1.62. The molecule has 2 nitrogen and oxygen atoms in total. The van der Waals surface area contributed by atoms with Crippen LogP contribution in [0.4, 0.5) is 0 Å². The van der Waals surface area contributed by atoms with Crippen LogP contribution in [0.2, 0.25) is 0 Å². The van der Waals surface area contributed by atoms with Gasteiger partial charge in [-0.05, 0) is 33.6 Å². The van der Waals surface area contributed by atoms with Crippen molar-refractivity contribution >= 4 is 0 Å². The van der Waals surface area contributed by atoms with E-state index in [1.165, 1.54) is 6.42 Å². The van der Waals surface area contributed by atoms with Crippen molar-refractivity contribution in [2.24, 2.45) is 0 Å². The molecule has 2 heteroatoms. The van der Waals surface area contributed by atoms with Gasteiger partial charge in [-0.25, -0.2) is 0 Å². The van der Waals surface area contributed by atoms with Gasteiger partial charge in [0.25, 0.3) is 0 Å². The smallest absolute Gasteiger partial charge is 0.158 e. The molecule has 0 aliphatic rings. The van der Waals surface area contributed by atoms with Crippen molar-refractivity contribution in [3.8, 4) is 0 Å². The summed E-state index contributed by atoms with van der Waals surface area (Å²) in [6.45, 7) is 11.2. The quantitative estimate of drug-likeness (QED) is 0.470. The maximum Gasteiger partial charge on any atom is 0.158 e. The van der Waals surface area contributed by atoms with Crippen LogP contribution >= 0.6 is 0 Å². The van der Waals surface area contributed by atoms with Gasteiger partial charge in [-0.1, -0.05) is 20.3 Å². The number of unbranched alkanes of at least 4 members (excludes halogenated alkanes) is 1. The predicted molar refractivity (Wildman–Crippen MR) is 55.8 cm³/mol. The van der Waals surface area contributed by atoms with Gasteiger partial charge in [0.2, 0.25) is 0 Å². The molecule has 80 valence electrons. The zero-order valence-corrected chi connectivity index (χ0v) is 9.72. The van der Waals surface area contributed by atoms with Crippen molar-refractivity contribution in [3.63, 3.8) is 0 Å². The lowest BCUT2D eigenvalue weighted by atomic mass is 10.2. The van der Waals surface area contributed by atoms with Crippen molar-refractivity contribution in [1.29, 1.82) is 0 Å². The molecule has 0 amide bonds. The summed E-state index contributed by atoms with van der Waals surface area (Å²) in [4.78, 5) is 0. The molecule has 0 N–H and O–H groups in total. The summed E-state index contributed by atoms with van der Waals surface area (Å²) < 4.78 is 11.3. The Morgan fingerprint density at radius 2 is 1.77 bits per heavy atom. The maximum atomic E-state index is 5.71. The second-order valence-corrected chi connectivity index (χ2v) is 4.29. The first kappa shape index (κ1) is 12.9. The predicted octanol–water partition coefficient (Wildman–Crippen LogP) is 3.35. The van der Waals surface area contributed by atoms with Crippen LogP contribution in [0.5, 0.6) is 0 Å². The lowest BCUT2D eigenvalue weighted by molar-refractivity contribution is -0.196. The third kappa shape index (κ3) is 8.26. The largest absolute Gasteiger partial charge is 0.353 e. The van der Waals surface area contributed by atoms with Gasteiger partial charge in [0, 0.05) is 6.61 Å². The molecular weight excluding hydrogens is 164 g/mol. The van der Waals surface area contributed by atoms with Crippen LogP contribution < -0.4 is 0 Å². The Balaban J connectivity index is 3.63. The summed E-state index contributed by atoms with van der Waals surface area (Å²) in [6, 6.07) is 0. The van der Waals surface area contributed by atoms with Crippen molar-refractivity contribution in [1.82, 2.24) is 0 Å². The molecule has 0 aliphatic heterocycles. The van der Waals surface area contributed by atoms with Gasteiger partial charge in [-0.3, -0.25) is 0 Å². The molecule has 0 saturated carbocycles. The first-order valence-electron chi connectivity index (χ1n) is 5.29. The highest BCUT2D eigenvalue weighted by atomic mass is 16.7. The molecule has 0 rings (SSSR count). The zero-order chi connectivity index (χ0) is 10.3. The molecule has 0 aliphatic carbocycles. The van der Waals surface area contributed by atoms with Crippen LogP contribution in [0.15, 0.2) is 0 Å². The number of ether oxygens (including phenoxy) is 2. The summed E-state index contributed by atoms with van der Waals surface area (Å²) >= 11 is 0. The average Bonchev–Trinajstić information content (AvgIpc) is 2.01. The molecule has 13 heavy (non-hydrogen) atoms. The summed E-state index contributed by atoms with van der Waals surface area (Å²) in [5.41, 5.74) is -0.104. The topological polar surface area (TPSA) is 18.5 Å². The fraction of sp³-hybridized carbons (Fsp3) is 1.00. The van der Waals surface area contributed by atoms with Crippen molar-refractivity contribution in [2.75, 3.05) is 6.61 Å². The molecule has 0 heterocycles. The van der Waals surface area contributed by atoms with E-state index in [1.54, 1.807) is 0 Å². The summed E-state index contributed by atoms with van der Waals surface area (Å²) in [5.74, 6) is 0. The second kappa shape index (κ2) is 6.39. The number of hydrogen-bond donors (Lipinski definition) is 0. The Morgan fingerprint density at radius 3 is 2.15 bits per heavy atom. The Kier molecular flexibility index (Phi) is 6.35. The summed E-state index contributed by atoms with van der Waals surface area (Å²) in [6.07, 6.45) is 3.17. The van der Waals surface area contributed by atoms with E-state index in [0.717, 1.165) is 19.4 Å². The van der Waals surface area contributed by atoms with E-state index >= 15 is 0 Å². The minimum atomic E-state index is -0.104. The van der Waals surface area contributed by atoms with E-state index in [4.69, 9.17) is 9.47 Å². The van der Waals surface area contributed by atoms with Gasteiger partial charge < -0.3 is 9.47 Å². The van der Waals surface area contributed by atoms with Crippen molar-refractivity contribution in [2.45, 2.75) is 65.8 Å². The van der Waals surface area contributed by atoms with Crippen LogP contribution in [0.1, 0.15) is 53.9 Å². The minimum absolute atomic E-state index is 0.0356. The Labute approximate surface area is 82.6 Å². The standard InChI is InChI=1S/C11H24O2/c1-6-8-9-12-10(7-2)13-11(3,4)5/h10H,6-9H2,1-5H3. The van der Waals surface area contributed by atoms with Crippen LogP contribution in [-0.2, 0) is 9.47 Å². The zero-order valence-electron chi connectivity index (χ0n) is 9.72. The molecule has 1 atom stereocenters. The third-order valence-electron chi connectivity index (χ3n) is 1.62. The van der Waals surface area contributed by atoms with Gasteiger partial charge in [-0.15, -0.1) is 0 Å². The van der Waals surface area contributed by atoms with E-state index in [2.05, 4.69) is 34.6 Å². The Bertz CT molecular complexity index is 116. The fourth-order valence-electron chi connectivity index (χ4n) is 0.989. The van der Waals surface area contributed by atoms with E-state index in [-0.39, 0.29) is 11.9 Å². The molecule has 0 aromatic heterocycles. The molecule has 0 bridgehead atoms. The van der Waals surface area contributed by atoms with Crippen LogP contribution in [0.25, 0.3) is 0 Å². The van der Waals surface area contributed by atoms with Gasteiger partial charge in [0.15, 0.2) is 6.29 Å². The highest BCUT2D eigenvalue weighted by molar-refractivity contribution is 4.60. The monoisotopic (exact) mass is 188 g/mol. The molecule has 0 fully saturated rings. The molecule has 0 aromatic carbocycles. The Hall–Kier alpha value is -0.0800. The van der Waals surface area contributed by atoms with Crippen LogP contribution in [0, 0.1) is 0 Å². The number of hydrogen-bond acceptors (Lipinski definition) is 2. The highest BCUT2D eigenvalue weighted by Crippen LogP contribution is 2.14. The molecule has 0 saturated heterocycles. The van der Waals surface area contributed by atoms with Crippen LogP contribution in [0.3, 0.4) is 0 Å². The van der Waals surface area contributed by atoms with Crippen molar-refractivity contribution < 1.29 is 9.47 Å². The lowest BCUT2D eigenvalue weighted by Crippen LogP contribution is -2.29. The van der Waals surface area contributed by atoms with Crippen molar-refractivity contribution in [3.05, 3.63) is 0 Å². The number of rotatable bonds is 6. The van der Waals surface area contributed by atoms with Crippen LogP contribution in [-0.4, -0.2) is 18.5 Å². The first-order valence-corrected chi connectivity index (χ1v) is 5.29. The molecule has 0 radical (unpaired) electrons. The van der Waals surface area contributed by atoms with E-state index in [0.29, 0.717) is 0 Å². The lowest BCUT2D eigenvalue weighted by Gasteiger charge is -2.26.